The minimum Gasteiger partial charge on any atom is -0.506 e. The van der Waals surface area contributed by atoms with Crippen LogP contribution in [0.4, 0.5) is 22.7 Å². The van der Waals surface area contributed by atoms with E-state index in [-0.39, 0.29) is 11.5 Å². The van der Waals surface area contributed by atoms with E-state index >= 15 is 0 Å². The van der Waals surface area contributed by atoms with Crippen LogP contribution in [0.1, 0.15) is 0 Å². The van der Waals surface area contributed by atoms with Gasteiger partial charge in [-0.2, -0.15) is 0 Å². The number of benzene rings is 2. The van der Waals surface area contributed by atoms with Crippen LogP contribution in [0, 0.1) is 0 Å². The Morgan fingerprint density at radius 2 is 1.15 bits per heavy atom. The molecule has 0 saturated carbocycles. The van der Waals surface area contributed by atoms with Gasteiger partial charge in [0.1, 0.15) is 34.4 Å². The zero-order chi connectivity index (χ0) is 14.3. The van der Waals surface area contributed by atoms with E-state index in [1.165, 1.54) is 26.4 Å². The number of nitrogens with one attached hydrogen (secondary N) is 2. The highest BCUT2D eigenvalue weighted by molar-refractivity contribution is 5.96. The SMILES string of the molecule is COc1cc(O)c2c(c1)Nc1c(O)cc(OC)cc1N2. The number of fused-ring (bicyclic) bond motifs is 2. The molecular formula is C14H14N2O4. The minimum absolute atomic E-state index is 0.0554. The summed E-state index contributed by atoms with van der Waals surface area (Å²) in [7, 11) is 3.04. The fourth-order valence-corrected chi connectivity index (χ4v) is 2.17. The first-order valence-corrected chi connectivity index (χ1v) is 5.98. The van der Waals surface area contributed by atoms with E-state index in [1.54, 1.807) is 12.1 Å². The molecule has 0 spiro atoms. The van der Waals surface area contributed by atoms with Crippen molar-refractivity contribution in [2.75, 3.05) is 24.9 Å². The molecule has 0 unspecified atom stereocenters. The molecule has 0 bridgehead atoms. The van der Waals surface area contributed by atoms with Crippen molar-refractivity contribution in [2.45, 2.75) is 0 Å². The number of phenols is 2. The van der Waals surface area contributed by atoms with Gasteiger partial charge in [0, 0.05) is 24.3 Å². The Bertz CT molecular complexity index is 626. The predicted octanol–water partition coefficient (Wildman–Crippen LogP) is 2.92. The summed E-state index contributed by atoms with van der Waals surface area (Å²) >= 11 is 0. The number of ether oxygens (including phenoxy) is 2. The lowest BCUT2D eigenvalue weighted by Gasteiger charge is -2.25. The van der Waals surface area contributed by atoms with Gasteiger partial charge in [-0.3, -0.25) is 0 Å². The van der Waals surface area contributed by atoms with E-state index in [9.17, 15) is 10.2 Å². The summed E-state index contributed by atoms with van der Waals surface area (Å²) in [6, 6.07) is 6.49. The van der Waals surface area contributed by atoms with Gasteiger partial charge in [-0.15, -0.1) is 0 Å². The Morgan fingerprint density at radius 1 is 0.750 bits per heavy atom. The van der Waals surface area contributed by atoms with Gasteiger partial charge in [0.15, 0.2) is 0 Å². The van der Waals surface area contributed by atoms with Gasteiger partial charge in [-0.1, -0.05) is 0 Å². The molecule has 6 heteroatoms. The van der Waals surface area contributed by atoms with E-state index in [4.69, 9.17) is 9.47 Å². The summed E-state index contributed by atoms with van der Waals surface area (Å²) in [6.07, 6.45) is 0. The van der Waals surface area contributed by atoms with Gasteiger partial charge in [-0.05, 0) is 0 Å². The number of aromatic hydroxyl groups is 2. The second-order valence-corrected chi connectivity index (χ2v) is 4.39. The molecule has 104 valence electrons. The fourth-order valence-electron chi connectivity index (χ4n) is 2.17. The normalized spacial score (nSPS) is 11.7. The van der Waals surface area contributed by atoms with E-state index in [0.29, 0.717) is 34.2 Å². The summed E-state index contributed by atoms with van der Waals surface area (Å²) in [4.78, 5) is 0. The largest absolute Gasteiger partial charge is 0.506 e. The van der Waals surface area contributed by atoms with Crippen LogP contribution in [0.3, 0.4) is 0 Å². The van der Waals surface area contributed by atoms with Crippen molar-refractivity contribution in [1.82, 2.24) is 0 Å². The zero-order valence-corrected chi connectivity index (χ0v) is 11.0. The van der Waals surface area contributed by atoms with Gasteiger partial charge >= 0.3 is 0 Å². The molecule has 1 aliphatic heterocycles. The molecule has 3 rings (SSSR count). The third-order valence-electron chi connectivity index (χ3n) is 3.17. The van der Waals surface area contributed by atoms with Crippen LogP contribution in [-0.2, 0) is 0 Å². The van der Waals surface area contributed by atoms with E-state index in [1.807, 2.05) is 0 Å². The maximum absolute atomic E-state index is 10.0. The average molecular weight is 274 g/mol. The monoisotopic (exact) mass is 274 g/mol. The molecule has 20 heavy (non-hydrogen) atoms. The summed E-state index contributed by atoms with van der Waals surface area (Å²) < 4.78 is 10.2. The van der Waals surface area contributed by atoms with Crippen molar-refractivity contribution in [3.05, 3.63) is 24.3 Å². The van der Waals surface area contributed by atoms with Crippen molar-refractivity contribution < 1.29 is 19.7 Å². The number of anilines is 4. The molecule has 0 radical (unpaired) electrons. The van der Waals surface area contributed by atoms with Crippen LogP contribution in [-0.4, -0.2) is 24.4 Å². The van der Waals surface area contributed by atoms with Crippen LogP contribution in [0.2, 0.25) is 0 Å². The minimum atomic E-state index is 0.0554. The summed E-state index contributed by atoms with van der Waals surface area (Å²) in [5.74, 6) is 1.15. The first kappa shape index (κ1) is 12.3. The molecule has 4 N–H and O–H groups in total. The second kappa shape index (κ2) is 4.41. The summed E-state index contributed by atoms with van der Waals surface area (Å²) in [6.45, 7) is 0. The second-order valence-electron chi connectivity index (χ2n) is 4.39. The van der Waals surface area contributed by atoms with E-state index in [0.717, 1.165) is 0 Å². The van der Waals surface area contributed by atoms with Crippen molar-refractivity contribution in [3.63, 3.8) is 0 Å². The van der Waals surface area contributed by atoms with Gasteiger partial charge < -0.3 is 30.3 Å². The lowest BCUT2D eigenvalue weighted by atomic mass is 10.1. The molecule has 0 atom stereocenters. The van der Waals surface area contributed by atoms with Crippen LogP contribution in [0.25, 0.3) is 0 Å². The van der Waals surface area contributed by atoms with Gasteiger partial charge in [-0.25, -0.2) is 0 Å². The highest BCUT2D eigenvalue weighted by Gasteiger charge is 2.22. The summed E-state index contributed by atoms with van der Waals surface area (Å²) in [5.41, 5.74) is 2.28. The standard InChI is InChI=1S/C14H14N2O4/c1-19-7-3-9-13(11(17)5-7)16-10-4-8(20-2)6-12(18)14(10)15-9/h3-6,15-18H,1-2H3. The highest BCUT2D eigenvalue weighted by atomic mass is 16.5. The first-order chi connectivity index (χ1) is 9.62. The van der Waals surface area contributed by atoms with Crippen molar-refractivity contribution in [1.29, 1.82) is 0 Å². The van der Waals surface area contributed by atoms with Gasteiger partial charge in [0.05, 0.1) is 25.6 Å². The maximum atomic E-state index is 10.0. The molecule has 0 saturated heterocycles. The Balaban J connectivity index is 2.11. The van der Waals surface area contributed by atoms with Crippen LogP contribution < -0.4 is 20.1 Å². The number of phenolic OH excluding ortho intramolecular Hbond substituents is 2. The molecular weight excluding hydrogens is 260 g/mol. The predicted molar refractivity (Wildman–Crippen MR) is 75.9 cm³/mol. The van der Waals surface area contributed by atoms with Crippen LogP contribution in [0.15, 0.2) is 24.3 Å². The van der Waals surface area contributed by atoms with Crippen molar-refractivity contribution in [2.24, 2.45) is 0 Å². The average Bonchev–Trinajstić information content (AvgIpc) is 2.45. The summed E-state index contributed by atoms with van der Waals surface area (Å²) in [5, 5.41) is 26.2. The third kappa shape index (κ3) is 1.82. The Morgan fingerprint density at radius 3 is 1.50 bits per heavy atom. The quantitative estimate of drug-likeness (QED) is 0.538. The molecule has 0 aromatic heterocycles. The van der Waals surface area contributed by atoms with Gasteiger partial charge in [0.25, 0.3) is 0 Å². The Hall–Kier alpha value is -2.76. The lowest BCUT2D eigenvalue weighted by Crippen LogP contribution is -2.07. The Labute approximate surface area is 115 Å². The molecule has 2 aromatic rings. The lowest BCUT2D eigenvalue weighted by molar-refractivity contribution is 0.407. The highest BCUT2D eigenvalue weighted by Crippen LogP contribution is 2.49. The van der Waals surface area contributed by atoms with Crippen LogP contribution in [0.5, 0.6) is 23.0 Å². The molecule has 1 aliphatic rings. The number of hydrogen-bond donors (Lipinski definition) is 4. The molecule has 0 fully saturated rings. The topological polar surface area (TPSA) is 83.0 Å². The van der Waals surface area contributed by atoms with Crippen molar-refractivity contribution in [3.8, 4) is 23.0 Å². The number of rotatable bonds is 2. The molecule has 0 aliphatic carbocycles. The smallest absolute Gasteiger partial charge is 0.144 e. The van der Waals surface area contributed by atoms with E-state index < -0.39 is 0 Å². The fraction of sp³-hybridized carbons (Fsp3) is 0.143. The molecule has 6 nitrogen and oxygen atoms in total. The Kier molecular flexibility index (Phi) is 2.71. The van der Waals surface area contributed by atoms with Gasteiger partial charge in [0.2, 0.25) is 0 Å². The molecule has 1 heterocycles. The first-order valence-electron chi connectivity index (χ1n) is 5.98. The zero-order valence-electron chi connectivity index (χ0n) is 11.0. The van der Waals surface area contributed by atoms with Crippen LogP contribution >= 0.6 is 0 Å². The number of hydrogen-bond acceptors (Lipinski definition) is 6. The van der Waals surface area contributed by atoms with Crippen molar-refractivity contribution >= 4 is 22.7 Å². The molecule has 0 amide bonds. The van der Waals surface area contributed by atoms with E-state index in [2.05, 4.69) is 10.6 Å². The number of methoxy groups -OCH3 is 2. The third-order valence-corrected chi connectivity index (χ3v) is 3.17. The molecule has 2 aromatic carbocycles. The maximum Gasteiger partial charge on any atom is 0.144 e.